The number of benzene rings is 1. The minimum absolute atomic E-state index is 0.695. The summed E-state index contributed by atoms with van der Waals surface area (Å²) in [4.78, 5) is 5.74. The van der Waals surface area contributed by atoms with Gasteiger partial charge in [0.05, 0.1) is 16.7 Å². The Morgan fingerprint density at radius 2 is 2.00 bits per heavy atom. The van der Waals surface area contributed by atoms with Crippen LogP contribution in [0.1, 0.15) is 25.8 Å². The van der Waals surface area contributed by atoms with Gasteiger partial charge in [0.25, 0.3) is 0 Å². The monoisotopic (exact) mass is 312 g/mol. The van der Waals surface area contributed by atoms with Crippen molar-refractivity contribution in [1.82, 2.24) is 4.40 Å². The van der Waals surface area contributed by atoms with E-state index in [1.54, 1.807) is 11.3 Å². The lowest BCUT2D eigenvalue weighted by atomic mass is 10.2. The van der Waals surface area contributed by atoms with Crippen molar-refractivity contribution in [2.24, 2.45) is 4.99 Å². The predicted molar refractivity (Wildman–Crippen MR) is 92.4 cm³/mol. The Morgan fingerprint density at radius 3 is 2.73 bits per heavy atom. The van der Waals surface area contributed by atoms with Crippen LogP contribution < -0.4 is 14.1 Å². The maximum atomic E-state index is 5.49. The van der Waals surface area contributed by atoms with Crippen LogP contribution in [0.3, 0.4) is 0 Å². The van der Waals surface area contributed by atoms with Gasteiger partial charge < -0.3 is 4.74 Å². The van der Waals surface area contributed by atoms with E-state index in [4.69, 9.17) is 4.74 Å². The summed E-state index contributed by atoms with van der Waals surface area (Å²) in [5.41, 5.74) is 2.39. The van der Waals surface area contributed by atoms with Crippen LogP contribution in [0.25, 0.3) is 11.6 Å². The third kappa shape index (κ3) is 3.07. The van der Waals surface area contributed by atoms with Crippen LogP contribution in [0.15, 0.2) is 47.6 Å². The Morgan fingerprint density at radius 1 is 1.18 bits per heavy atom. The van der Waals surface area contributed by atoms with E-state index >= 15 is 0 Å². The molecule has 0 saturated carbocycles. The molecule has 0 radical (unpaired) electrons. The molecule has 0 aliphatic rings. The minimum atomic E-state index is 0.695. The van der Waals surface area contributed by atoms with Gasteiger partial charge in [0.2, 0.25) is 0 Å². The molecule has 0 bridgehead atoms. The normalized spacial score (nSPS) is 13.2. The van der Waals surface area contributed by atoms with Gasteiger partial charge in [0.1, 0.15) is 5.75 Å². The molecular weight excluding hydrogens is 292 g/mol. The largest absolute Gasteiger partial charge is 0.494 e. The topological polar surface area (TPSA) is 26.0 Å². The Bertz CT molecular complexity index is 859. The number of aromatic nitrogens is 1. The molecular formula is C18H20N2OS. The Labute approximate surface area is 134 Å². The van der Waals surface area contributed by atoms with Crippen molar-refractivity contribution in [2.45, 2.75) is 20.3 Å². The standard InChI is InChI=1S/C18H20N2OS/c1-3-11-19-18-20-12-5-6-16(20)17(22-18)13-14-7-9-15(10-8-14)21-4-2/h5-10,12-13H,3-4,11H2,1-2H3/b17-13-,19-18?. The van der Waals surface area contributed by atoms with Crippen LogP contribution in [-0.2, 0) is 0 Å². The fourth-order valence-corrected chi connectivity index (χ4v) is 3.42. The molecule has 1 aromatic carbocycles. The summed E-state index contributed by atoms with van der Waals surface area (Å²) in [6, 6.07) is 12.4. The second-order valence-electron chi connectivity index (χ2n) is 5.04. The molecule has 2 heterocycles. The number of ether oxygens (including phenoxy) is 1. The second-order valence-corrected chi connectivity index (χ2v) is 6.05. The van der Waals surface area contributed by atoms with Crippen molar-refractivity contribution in [3.8, 4) is 5.75 Å². The zero-order valence-electron chi connectivity index (χ0n) is 13.0. The molecule has 3 rings (SSSR count). The van der Waals surface area contributed by atoms with Crippen LogP contribution >= 0.6 is 11.3 Å². The van der Waals surface area contributed by atoms with E-state index in [9.17, 15) is 0 Å². The van der Waals surface area contributed by atoms with Gasteiger partial charge in [0.15, 0.2) is 4.80 Å². The highest BCUT2D eigenvalue weighted by Gasteiger charge is 2.01. The van der Waals surface area contributed by atoms with Crippen LogP contribution in [0.4, 0.5) is 0 Å². The van der Waals surface area contributed by atoms with E-state index in [-0.39, 0.29) is 0 Å². The zero-order valence-corrected chi connectivity index (χ0v) is 13.8. The number of thiazole rings is 1. The number of fused-ring (bicyclic) bond motifs is 1. The summed E-state index contributed by atoms with van der Waals surface area (Å²) in [6.45, 7) is 5.71. The van der Waals surface area contributed by atoms with Gasteiger partial charge in [0, 0.05) is 12.7 Å². The van der Waals surface area contributed by atoms with Gasteiger partial charge >= 0.3 is 0 Å². The first kappa shape index (κ1) is 14.9. The SMILES string of the molecule is CCCN=c1s/c(=C\c2ccc(OCC)cc2)c2cccn12. The van der Waals surface area contributed by atoms with Crippen molar-refractivity contribution in [3.05, 3.63) is 57.5 Å². The lowest BCUT2D eigenvalue weighted by molar-refractivity contribution is 0.340. The Balaban J connectivity index is 2.03. The summed E-state index contributed by atoms with van der Waals surface area (Å²) < 4.78 is 8.89. The maximum Gasteiger partial charge on any atom is 0.189 e. The van der Waals surface area contributed by atoms with E-state index in [1.165, 1.54) is 15.6 Å². The van der Waals surface area contributed by atoms with Crippen LogP contribution in [-0.4, -0.2) is 17.6 Å². The fraction of sp³-hybridized carbons (Fsp3) is 0.278. The molecule has 0 saturated heterocycles. The van der Waals surface area contributed by atoms with Crippen LogP contribution in [0.2, 0.25) is 0 Å². The van der Waals surface area contributed by atoms with Crippen LogP contribution in [0.5, 0.6) is 5.75 Å². The molecule has 0 aliphatic carbocycles. The molecule has 3 nitrogen and oxygen atoms in total. The fourth-order valence-electron chi connectivity index (χ4n) is 2.35. The first-order valence-electron chi connectivity index (χ1n) is 7.66. The summed E-state index contributed by atoms with van der Waals surface area (Å²) in [5.74, 6) is 0.914. The van der Waals surface area contributed by atoms with E-state index in [2.05, 4.69) is 52.9 Å². The summed E-state index contributed by atoms with van der Waals surface area (Å²) in [5, 5.41) is 0. The number of hydrogen-bond donors (Lipinski definition) is 0. The molecule has 0 spiro atoms. The van der Waals surface area contributed by atoms with E-state index in [0.717, 1.165) is 23.5 Å². The highest BCUT2D eigenvalue weighted by molar-refractivity contribution is 7.07. The number of hydrogen-bond acceptors (Lipinski definition) is 3. The van der Waals surface area contributed by atoms with Gasteiger partial charge in [-0.1, -0.05) is 30.4 Å². The summed E-state index contributed by atoms with van der Waals surface area (Å²) in [7, 11) is 0. The molecule has 0 fully saturated rings. The smallest absolute Gasteiger partial charge is 0.189 e. The third-order valence-electron chi connectivity index (χ3n) is 3.37. The van der Waals surface area contributed by atoms with E-state index in [0.29, 0.717) is 6.61 Å². The first-order valence-corrected chi connectivity index (χ1v) is 8.48. The second kappa shape index (κ2) is 6.79. The van der Waals surface area contributed by atoms with Crippen molar-refractivity contribution < 1.29 is 4.74 Å². The molecule has 114 valence electrons. The molecule has 0 aliphatic heterocycles. The van der Waals surface area contributed by atoms with Crippen LogP contribution in [0, 0.1) is 0 Å². The quantitative estimate of drug-likeness (QED) is 0.710. The van der Waals surface area contributed by atoms with Crippen molar-refractivity contribution in [2.75, 3.05) is 13.2 Å². The Hall–Kier alpha value is -2.07. The average molecular weight is 312 g/mol. The van der Waals surface area contributed by atoms with Gasteiger partial charge in [-0.05, 0) is 49.2 Å². The van der Waals surface area contributed by atoms with Gasteiger partial charge in [-0.2, -0.15) is 0 Å². The van der Waals surface area contributed by atoms with Gasteiger partial charge in [-0.3, -0.25) is 9.39 Å². The average Bonchev–Trinajstić information content (AvgIpc) is 3.12. The Kier molecular flexibility index (Phi) is 4.59. The summed E-state index contributed by atoms with van der Waals surface area (Å²) in [6.07, 6.45) is 5.36. The minimum Gasteiger partial charge on any atom is -0.494 e. The highest BCUT2D eigenvalue weighted by atomic mass is 32.1. The maximum absolute atomic E-state index is 5.49. The van der Waals surface area contributed by atoms with E-state index in [1.807, 2.05) is 19.1 Å². The molecule has 2 aromatic heterocycles. The molecule has 4 heteroatoms. The third-order valence-corrected chi connectivity index (χ3v) is 4.42. The van der Waals surface area contributed by atoms with Crippen molar-refractivity contribution in [3.63, 3.8) is 0 Å². The predicted octanol–water partition coefficient (Wildman–Crippen LogP) is 3.26. The van der Waals surface area contributed by atoms with E-state index < -0.39 is 0 Å². The molecule has 0 amide bonds. The molecule has 0 atom stereocenters. The molecule has 3 aromatic rings. The lowest BCUT2D eigenvalue weighted by Crippen LogP contribution is -2.04. The molecule has 0 N–H and O–H groups in total. The first-order chi connectivity index (χ1) is 10.8. The summed E-state index contributed by atoms with van der Waals surface area (Å²) >= 11 is 1.74. The van der Waals surface area contributed by atoms with Crippen molar-refractivity contribution >= 4 is 22.9 Å². The van der Waals surface area contributed by atoms with Gasteiger partial charge in [-0.15, -0.1) is 0 Å². The van der Waals surface area contributed by atoms with Gasteiger partial charge in [-0.25, -0.2) is 0 Å². The number of rotatable bonds is 5. The zero-order chi connectivity index (χ0) is 15.4. The lowest BCUT2D eigenvalue weighted by Gasteiger charge is -2.01. The molecule has 22 heavy (non-hydrogen) atoms. The number of nitrogens with zero attached hydrogens (tertiary/aromatic N) is 2. The molecule has 0 unspecified atom stereocenters. The van der Waals surface area contributed by atoms with Crippen molar-refractivity contribution in [1.29, 1.82) is 0 Å². The highest BCUT2D eigenvalue weighted by Crippen LogP contribution is 2.12.